The number of halogens is 3. The van der Waals surface area contributed by atoms with Crippen molar-refractivity contribution in [2.24, 2.45) is 0 Å². The van der Waals surface area contributed by atoms with E-state index in [4.69, 9.17) is 14.3 Å². The number of furan rings is 1. The van der Waals surface area contributed by atoms with E-state index in [0.29, 0.717) is 63.2 Å². The van der Waals surface area contributed by atoms with E-state index in [1.807, 2.05) is 19.1 Å². The third-order valence-corrected chi connectivity index (χ3v) is 7.52. The van der Waals surface area contributed by atoms with Crippen LogP contribution in [0.2, 0.25) is 0 Å². The lowest BCUT2D eigenvalue weighted by atomic mass is 10.0. The summed E-state index contributed by atoms with van der Waals surface area (Å²) in [7, 11) is 0. The highest BCUT2D eigenvalue weighted by Crippen LogP contribution is 2.33. The summed E-state index contributed by atoms with van der Waals surface area (Å²) in [6.45, 7) is 3.90. The lowest BCUT2D eigenvalue weighted by Crippen LogP contribution is -2.46. The summed E-state index contributed by atoms with van der Waals surface area (Å²) in [4.78, 5) is 27.4. The number of amides is 2. The van der Waals surface area contributed by atoms with E-state index in [-0.39, 0.29) is 23.8 Å². The van der Waals surface area contributed by atoms with Gasteiger partial charge in [0, 0.05) is 67.8 Å². The van der Waals surface area contributed by atoms with Crippen LogP contribution in [0.4, 0.5) is 23.7 Å². The Morgan fingerprint density at radius 2 is 1.67 bits per heavy atom. The molecule has 0 spiro atoms. The van der Waals surface area contributed by atoms with Crippen molar-refractivity contribution < 1.29 is 37.0 Å². The van der Waals surface area contributed by atoms with Crippen LogP contribution in [0.5, 0.6) is 5.75 Å². The highest BCUT2D eigenvalue weighted by molar-refractivity contribution is 5.99. The first-order valence-electron chi connectivity index (χ1n) is 13.0. The second-order valence-electron chi connectivity index (χ2n) is 10.1. The van der Waals surface area contributed by atoms with Gasteiger partial charge in [-0.15, -0.1) is 0 Å². The number of ether oxygens (including phenoxy) is 1. The summed E-state index contributed by atoms with van der Waals surface area (Å²) in [5.74, 6) is 0.528. The Bertz CT molecular complexity index is 1340. The van der Waals surface area contributed by atoms with Crippen LogP contribution in [0.25, 0.3) is 11.0 Å². The fourth-order valence-electron chi connectivity index (χ4n) is 5.25. The Balaban J connectivity index is 1.17. The number of anilines is 1. The Morgan fingerprint density at radius 1 is 1.00 bits per heavy atom. The zero-order valence-electron chi connectivity index (χ0n) is 21.5. The normalized spacial score (nSPS) is 17.4. The molecule has 1 aromatic heterocycles. The summed E-state index contributed by atoms with van der Waals surface area (Å²) >= 11 is 0. The Labute approximate surface area is 223 Å². The van der Waals surface area contributed by atoms with Gasteiger partial charge in [-0.3, -0.25) is 4.79 Å². The molecule has 3 heterocycles. The Hall–Kier alpha value is -3.89. The molecule has 0 radical (unpaired) electrons. The largest absolute Gasteiger partial charge is 0.490 e. The molecule has 2 saturated heterocycles. The van der Waals surface area contributed by atoms with Gasteiger partial charge in [0.1, 0.15) is 17.4 Å². The smallest absolute Gasteiger partial charge is 0.416 e. The summed E-state index contributed by atoms with van der Waals surface area (Å²) < 4.78 is 50.6. The third kappa shape index (κ3) is 5.91. The molecule has 11 heteroatoms. The predicted octanol–water partition coefficient (Wildman–Crippen LogP) is 5.68. The number of aryl methyl sites for hydroxylation is 1. The van der Waals surface area contributed by atoms with Gasteiger partial charge in [0.25, 0.3) is 5.91 Å². The van der Waals surface area contributed by atoms with Crippen LogP contribution in [-0.4, -0.2) is 60.3 Å². The van der Waals surface area contributed by atoms with E-state index < -0.39 is 17.8 Å². The Morgan fingerprint density at radius 3 is 2.28 bits per heavy atom. The lowest BCUT2D eigenvalue weighted by Gasteiger charge is -2.33. The van der Waals surface area contributed by atoms with Crippen molar-refractivity contribution in [3.63, 3.8) is 0 Å². The van der Waals surface area contributed by atoms with E-state index in [1.165, 1.54) is 17.0 Å². The number of nitrogens with zero attached hydrogens (tertiary/aromatic N) is 2. The van der Waals surface area contributed by atoms with Gasteiger partial charge in [0.05, 0.1) is 5.56 Å². The van der Waals surface area contributed by atoms with Gasteiger partial charge < -0.3 is 29.4 Å². The molecule has 2 aliphatic heterocycles. The summed E-state index contributed by atoms with van der Waals surface area (Å²) in [6, 6.07) is 10.6. The highest BCUT2D eigenvalue weighted by Gasteiger charge is 2.31. The quantitative estimate of drug-likeness (QED) is 0.429. The van der Waals surface area contributed by atoms with Crippen molar-refractivity contribution in [2.75, 3.05) is 31.1 Å². The average Bonchev–Trinajstić information content (AvgIpc) is 3.24. The van der Waals surface area contributed by atoms with Crippen LogP contribution < -0.4 is 15.0 Å². The molecule has 208 valence electrons. The van der Waals surface area contributed by atoms with Crippen LogP contribution >= 0.6 is 0 Å². The maximum absolute atomic E-state index is 12.9. The van der Waals surface area contributed by atoms with Crippen LogP contribution in [0.1, 0.15) is 47.4 Å². The van der Waals surface area contributed by atoms with E-state index in [1.54, 1.807) is 6.07 Å². The molecule has 0 unspecified atom stereocenters. The van der Waals surface area contributed by atoms with Gasteiger partial charge in [-0.2, -0.15) is 13.2 Å². The molecule has 2 aromatic carbocycles. The van der Waals surface area contributed by atoms with Crippen LogP contribution in [0.15, 0.2) is 46.9 Å². The molecular formula is C28H30F3N3O5. The van der Waals surface area contributed by atoms with Gasteiger partial charge in [0.15, 0.2) is 5.76 Å². The molecule has 5 rings (SSSR count). The summed E-state index contributed by atoms with van der Waals surface area (Å²) in [5, 5.41) is 12.9. The second-order valence-corrected chi connectivity index (χ2v) is 10.1. The van der Waals surface area contributed by atoms with Crippen molar-refractivity contribution in [1.82, 2.24) is 10.2 Å². The summed E-state index contributed by atoms with van der Waals surface area (Å²) in [6.07, 6.45) is -2.83. The van der Waals surface area contributed by atoms with E-state index in [0.717, 1.165) is 28.8 Å². The Kier molecular flexibility index (Phi) is 7.33. The minimum absolute atomic E-state index is 0.0522. The van der Waals surface area contributed by atoms with Gasteiger partial charge in [-0.25, -0.2) is 4.79 Å². The number of likely N-dealkylation sites (tertiary alicyclic amines) is 1. The first-order valence-corrected chi connectivity index (χ1v) is 13.0. The highest BCUT2D eigenvalue weighted by atomic mass is 19.4. The molecule has 3 aromatic rings. The maximum Gasteiger partial charge on any atom is 0.416 e. The van der Waals surface area contributed by atoms with E-state index in [2.05, 4.69) is 10.2 Å². The molecule has 0 bridgehead atoms. The van der Waals surface area contributed by atoms with Crippen LogP contribution in [0.3, 0.4) is 0 Å². The van der Waals surface area contributed by atoms with E-state index in [9.17, 15) is 22.8 Å². The number of carbonyl (C=O) groups excluding carboxylic acids is 1. The number of nitrogens with one attached hydrogen (secondary N) is 1. The minimum Gasteiger partial charge on any atom is -0.490 e. The maximum atomic E-state index is 12.9. The van der Waals surface area contributed by atoms with Crippen LogP contribution in [-0.2, 0) is 6.18 Å². The molecule has 39 heavy (non-hydrogen) atoms. The molecular weight excluding hydrogens is 515 g/mol. The van der Waals surface area contributed by atoms with Gasteiger partial charge >= 0.3 is 12.3 Å². The number of rotatable bonds is 5. The minimum atomic E-state index is -4.35. The fourth-order valence-corrected chi connectivity index (χ4v) is 5.25. The predicted molar refractivity (Wildman–Crippen MR) is 138 cm³/mol. The number of piperidine rings is 2. The molecule has 0 aliphatic carbocycles. The third-order valence-electron chi connectivity index (χ3n) is 7.52. The first kappa shape index (κ1) is 26.7. The zero-order chi connectivity index (χ0) is 27.7. The number of benzene rings is 2. The first-order chi connectivity index (χ1) is 18.6. The molecule has 0 saturated carbocycles. The number of hydrogen-bond acceptors (Lipinski definition) is 5. The SMILES string of the molecule is Cc1c(C(=O)NC2CCN(C(=O)O)CC2)oc2cc(OC3CCN(c4ccc(C(F)(F)F)cc4)CC3)ccc12. The molecule has 2 amide bonds. The number of carboxylic acid groups (broad SMARTS) is 1. The fraction of sp³-hybridized carbons (Fsp3) is 0.429. The van der Waals surface area contributed by atoms with Crippen LogP contribution in [0, 0.1) is 6.92 Å². The molecule has 8 nitrogen and oxygen atoms in total. The monoisotopic (exact) mass is 545 g/mol. The molecule has 0 atom stereocenters. The van der Waals surface area contributed by atoms with Gasteiger partial charge in [-0.1, -0.05) is 0 Å². The molecule has 2 aliphatic rings. The number of fused-ring (bicyclic) bond motifs is 1. The molecule has 2 N–H and O–H groups in total. The number of carbonyl (C=O) groups is 2. The van der Waals surface area contributed by atoms with Crippen molar-refractivity contribution in [2.45, 2.75) is 50.9 Å². The number of alkyl halides is 3. The second kappa shape index (κ2) is 10.7. The van der Waals surface area contributed by atoms with Gasteiger partial charge in [-0.05, 0) is 56.2 Å². The zero-order valence-corrected chi connectivity index (χ0v) is 21.5. The van der Waals surface area contributed by atoms with Crippen molar-refractivity contribution in [3.8, 4) is 5.75 Å². The van der Waals surface area contributed by atoms with Gasteiger partial charge in [0.2, 0.25) is 0 Å². The van der Waals surface area contributed by atoms with Crippen molar-refractivity contribution in [1.29, 1.82) is 0 Å². The van der Waals surface area contributed by atoms with Crippen molar-refractivity contribution in [3.05, 3.63) is 59.4 Å². The standard InChI is InChI=1S/C28H30F3N3O5/c1-17-23-7-6-22(16-24(23)39-25(17)26(35)32-19-8-12-34(13-9-19)27(36)37)38-21-10-14-33(15-11-21)20-4-2-18(3-5-20)28(29,30)31/h2-7,16,19,21H,8-15H2,1H3,(H,32,35)(H,36,37). The summed E-state index contributed by atoms with van der Waals surface area (Å²) in [5.41, 5.74) is 1.36. The topological polar surface area (TPSA) is 95.2 Å². The van der Waals surface area contributed by atoms with Crippen molar-refractivity contribution >= 4 is 28.7 Å². The van der Waals surface area contributed by atoms with E-state index >= 15 is 0 Å². The molecule has 2 fully saturated rings. The number of hydrogen-bond donors (Lipinski definition) is 2. The average molecular weight is 546 g/mol. The lowest BCUT2D eigenvalue weighted by molar-refractivity contribution is -0.137.